The first-order valence-electron chi connectivity index (χ1n) is 10.9. The second-order valence-corrected chi connectivity index (χ2v) is 11.5. The summed E-state index contributed by atoms with van der Waals surface area (Å²) in [5, 5.41) is 11.4. The summed E-state index contributed by atoms with van der Waals surface area (Å²) < 4.78 is 1.72. The topological polar surface area (TPSA) is 93.4 Å². The van der Waals surface area contributed by atoms with Crippen LogP contribution in [0, 0.1) is 10.1 Å². The fourth-order valence-electron chi connectivity index (χ4n) is 3.99. The highest BCUT2D eigenvalue weighted by Crippen LogP contribution is 2.37. The Morgan fingerprint density at radius 1 is 1.03 bits per heavy atom. The van der Waals surface area contributed by atoms with E-state index in [1.54, 1.807) is 30.0 Å². The quantitative estimate of drug-likeness (QED) is 0.132. The molecule has 1 aromatic heterocycles. The Hall–Kier alpha value is -3.56. The van der Waals surface area contributed by atoms with Crippen molar-refractivity contribution in [3.63, 3.8) is 0 Å². The minimum Gasteiger partial charge on any atom is -0.268 e. The van der Waals surface area contributed by atoms with Crippen molar-refractivity contribution in [1.82, 2.24) is 4.98 Å². The van der Waals surface area contributed by atoms with Gasteiger partial charge in [-0.15, -0.1) is 11.3 Å². The van der Waals surface area contributed by atoms with Crippen LogP contribution >= 0.6 is 23.1 Å². The van der Waals surface area contributed by atoms with Crippen molar-refractivity contribution >= 4 is 56.5 Å². The van der Waals surface area contributed by atoms with Gasteiger partial charge >= 0.3 is 0 Å². The van der Waals surface area contributed by atoms with Crippen LogP contribution in [0.5, 0.6) is 0 Å². The molecule has 0 atom stereocenters. The van der Waals surface area contributed by atoms with Gasteiger partial charge in [-0.3, -0.25) is 19.7 Å². The second kappa shape index (κ2) is 8.58. The molecule has 5 rings (SSSR count). The standard InChI is InChI=1S/C26H21N3O4S2/c1-26(2,3)16-9-7-15(8-10-16)14-34-25-27-19-12-11-17(13-21(19)35-25)28-23(30)18-5-4-6-20(29(32)33)22(18)24(28)31/h4-13H,14H2,1-3H3. The molecule has 35 heavy (non-hydrogen) atoms. The van der Waals surface area contributed by atoms with Crippen LogP contribution in [-0.2, 0) is 11.2 Å². The number of carbonyl (C=O) groups is 2. The zero-order valence-corrected chi connectivity index (χ0v) is 20.9. The van der Waals surface area contributed by atoms with Gasteiger partial charge in [0.2, 0.25) is 0 Å². The van der Waals surface area contributed by atoms with Gasteiger partial charge < -0.3 is 0 Å². The van der Waals surface area contributed by atoms with Crippen LogP contribution in [0.15, 0.2) is 65.0 Å². The van der Waals surface area contributed by atoms with E-state index in [1.807, 2.05) is 0 Å². The monoisotopic (exact) mass is 503 g/mol. The van der Waals surface area contributed by atoms with Gasteiger partial charge in [0.1, 0.15) is 5.56 Å². The molecular formula is C26H21N3O4S2. The van der Waals surface area contributed by atoms with Gasteiger partial charge in [-0.2, -0.15) is 0 Å². The Bertz CT molecular complexity index is 1500. The number of thioether (sulfide) groups is 1. The normalized spacial score (nSPS) is 13.5. The number of fused-ring (bicyclic) bond motifs is 2. The lowest BCUT2D eigenvalue weighted by atomic mass is 9.87. The largest absolute Gasteiger partial charge is 0.283 e. The van der Waals surface area contributed by atoms with Crippen LogP contribution in [0.3, 0.4) is 0 Å². The van der Waals surface area contributed by atoms with E-state index in [4.69, 9.17) is 0 Å². The smallest absolute Gasteiger partial charge is 0.268 e. The molecule has 2 amide bonds. The van der Waals surface area contributed by atoms with E-state index in [0.717, 1.165) is 25.2 Å². The van der Waals surface area contributed by atoms with E-state index in [0.29, 0.717) is 5.69 Å². The van der Waals surface area contributed by atoms with Gasteiger partial charge in [-0.05, 0) is 40.8 Å². The Morgan fingerprint density at radius 3 is 2.46 bits per heavy atom. The molecule has 3 aromatic carbocycles. The number of nitro groups is 1. The Labute approximate surface area is 209 Å². The number of thiazole rings is 1. The van der Waals surface area contributed by atoms with E-state index in [2.05, 4.69) is 50.0 Å². The summed E-state index contributed by atoms with van der Waals surface area (Å²) in [5.74, 6) is -0.473. The maximum absolute atomic E-state index is 13.0. The van der Waals surface area contributed by atoms with Gasteiger partial charge in [-0.25, -0.2) is 9.88 Å². The average Bonchev–Trinajstić information content (AvgIpc) is 3.34. The van der Waals surface area contributed by atoms with E-state index in [9.17, 15) is 19.7 Å². The number of hydrogen-bond acceptors (Lipinski definition) is 7. The van der Waals surface area contributed by atoms with Crippen LogP contribution in [0.1, 0.15) is 52.6 Å². The number of hydrogen-bond donors (Lipinski definition) is 0. The zero-order chi connectivity index (χ0) is 24.9. The van der Waals surface area contributed by atoms with Crippen LogP contribution in [0.4, 0.5) is 11.4 Å². The molecule has 0 spiro atoms. The van der Waals surface area contributed by atoms with E-state index >= 15 is 0 Å². The molecule has 0 aliphatic carbocycles. The highest BCUT2D eigenvalue weighted by atomic mass is 32.2. The van der Waals surface area contributed by atoms with E-state index in [1.165, 1.54) is 40.7 Å². The third-order valence-electron chi connectivity index (χ3n) is 5.88. The molecule has 1 aliphatic rings. The SMILES string of the molecule is CC(C)(C)c1ccc(CSc2nc3ccc(N4C(=O)c5cccc([N+](=O)[O-])c5C4=O)cc3s2)cc1. The predicted molar refractivity (Wildman–Crippen MR) is 139 cm³/mol. The van der Waals surface area contributed by atoms with Gasteiger partial charge in [0, 0.05) is 11.8 Å². The Balaban J connectivity index is 1.38. The molecular weight excluding hydrogens is 482 g/mol. The van der Waals surface area contributed by atoms with Crippen LogP contribution in [-0.4, -0.2) is 21.7 Å². The highest BCUT2D eigenvalue weighted by Gasteiger charge is 2.41. The number of rotatable bonds is 5. The summed E-state index contributed by atoms with van der Waals surface area (Å²) in [6.45, 7) is 6.57. The number of aromatic nitrogens is 1. The summed E-state index contributed by atoms with van der Waals surface area (Å²) in [5.41, 5.74) is 3.26. The fraction of sp³-hybridized carbons (Fsp3) is 0.192. The predicted octanol–water partition coefficient (Wildman–Crippen LogP) is 6.59. The molecule has 7 nitrogen and oxygen atoms in total. The fourth-order valence-corrected chi connectivity index (χ4v) is 6.05. The zero-order valence-electron chi connectivity index (χ0n) is 19.3. The minimum atomic E-state index is -0.686. The third kappa shape index (κ3) is 4.21. The summed E-state index contributed by atoms with van der Waals surface area (Å²) in [7, 11) is 0. The molecule has 0 unspecified atom stereocenters. The van der Waals surface area contributed by atoms with Crippen molar-refractivity contribution in [3.8, 4) is 0 Å². The lowest BCUT2D eigenvalue weighted by Gasteiger charge is -2.19. The van der Waals surface area contributed by atoms with Gasteiger partial charge in [-0.1, -0.05) is 62.9 Å². The van der Waals surface area contributed by atoms with Crippen molar-refractivity contribution in [1.29, 1.82) is 0 Å². The molecule has 0 N–H and O–H groups in total. The van der Waals surface area contributed by atoms with Crippen molar-refractivity contribution in [2.24, 2.45) is 0 Å². The highest BCUT2D eigenvalue weighted by molar-refractivity contribution is 8.00. The maximum Gasteiger partial charge on any atom is 0.283 e. The first-order chi connectivity index (χ1) is 16.6. The third-order valence-corrected chi connectivity index (χ3v) is 8.11. The van der Waals surface area contributed by atoms with Crippen molar-refractivity contribution < 1.29 is 14.5 Å². The molecule has 1 aliphatic heterocycles. The Morgan fingerprint density at radius 2 is 1.77 bits per heavy atom. The van der Waals surface area contributed by atoms with Crippen molar-refractivity contribution in [2.45, 2.75) is 36.3 Å². The van der Waals surface area contributed by atoms with Crippen molar-refractivity contribution in [2.75, 3.05) is 4.90 Å². The first kappa shape index (κ1) is 23.2. The van der Waals surface area contributed by atoms with E-state index < -0.39 is 16.7 Å². The average molecular weight is 504 g/mol. The molecule has 4 aromatic rings. The number of carbonyl (C=O) groups excluding carboxylic acids is 2. The lowest BCUT2D eigenvalue weighted by Crippen LogP contribution is -2.29. The van der Waals surface area contributed by atoms with Crippen molar-refractivity contribution in [3.05, 3.63) is 93.0 Å². The van der Waals surface area contributed by atoms with E-state index in [-0.39, 0.29) is 22.2 Å². The minimum absolute atomic E-state index is 0.0438. The number of benzene rings is 3. The number of imide groups is 1. The molecule has 0 fully saturated rings. The number of amides is 2. The van der Waals surface area contributed by atoms with Gasteiger partial charge in [0.25, 0.3) is 17.5 Å². The van der Waals surface area contributed by atoms with Gasteiger partial charge in [0.15, 0.2) is 4.34 Å². The molecule has 0 radical (unpaired) electrons. The molecule has 2 heterocycles. The molecule has 0 saturated carbocycles. The van der Waals surface area contributed by atoms with Crippen LogP contribution in [0.2, 0.25) is 0 Å². The maximum atomic E-state index is 13.0. The summed E-state index contributed by atoms with van der Waals surface area (Å²) in [4.78, 5) is 42.3. The summed E-state index contributed by atoms with van der Waals surface area (Å²) in [6, 6.07) is 17.8. The Kier molecular flexibility index (Phi) is 5.69. The number of nitrogens with zero attached hydrogens (tertiary/aromatic N) is 3. The molecule has 0 saturated heterocycles. The lowest BCUT2D eigenvalue weighted by molar-refractivity contribution is -0.385. The number of anilines is 1. The van der Waals surface area contributed by atoms with Crippen LogP contribution < -0.4 is 4.90 Å². The summed E-state index contributed by atoms with van der Waals surface area (Å²) in [6.07, 6.45) is 0. The molecule has 9 heteroatoms. The first-order valence-corrected chi connectivity index (χ1v) is 12.7. The molecule has 0 bridgehead atoms. The molecule has 176 valence electrons. The summed E-state index contributed by atoms with van der Waals surface area (Å²) >= 11 is 3.12. The van der Waals surface area contributed by atoms with Crippen LogP contribution in [0.25, 0.3) is 10.2 Å². The second-order valence-electron chi connectivity index (χ2n) is 9.27. The van der Waals surface area contributed by atoms with Gasteiger partial charge in [0.05, 0.1) is 26.4 Å². The number of nitro benzene ring substituents is 1.